The predicted molar refractivity (Wildman–Crippen MR) is 55.5 cm³/mol. The second kappa shape index (κ2) is 3.75. The third-order valence-electron chi connectivity index (χ3n) is 2.43. The van der Waals surface area contributed by atoms with Crippen LogP contribution in [0.3, 0.4) is 0 Å². The molecule has 0 radical (unpaired) electrons. The SMILES string of the molecule is c1cc(-c2noc(C3CCCO3)n2)cs1. The second-order valence-corrected chi connectivity index (χ2v) is 4.25. The highest BCUT2D eigenvalue weighted by atomic mass is 32.1. The zero-order valence-electron chi connectivity index (χ0n) is 8.05. The van der Waals surface area contributed by atoms with Crippen molar-refractivity contribution in [1.82, 2.24) is 10.1 Å². The van der Waals surface area contributed by atoms with Crippen LogP contribution in [0.1, 0.15) is 24.8 Å². The Bertz CT molecular complexity index is 432. The molecule has 2 aromatic heterocycles. The van der Waals surface area contributed by atoms with Crippen LogP contribution < -0.4 is 0 Å². The molecular formula is C10H10N2O2S. The Balaban J connectivity index is 1.87. The van der Waals surface area contributed by atoms with E-state index in [1.54, 1.807) is 11.3 Å². The molecule has 1 unspecified atom stereocenters. The Kier molecular flexibility index (Phi) is 2.26. The molecule has 0 saturated carbocycles. The van der Waals surface area contributed by atoms with Gasteiger partial charge in [0.1, 0.15) is 6.10 Å². The van der Waals surface area contributed by atoms with Gasteiger partial charge in [-0.15, -0.1) is 0 Å². The molecule has 3 heterocycles. The fraction of sp³-hybridized carbons (Fsp3) is 0.400. The summed E-state index contributed by atoms with van der Waals surface area (Å²) in [4.78, 5) is 4.34. The number of thiophene rings is 1. The van der Waals surface area contributed by atoms with Gasteiger partial charge in [0.05, 0.1) is 0 Å². The summed E-state index contributed by atoms with van der Waals surface area (Å²) in [5, 5.41) is 7.95. The molecule has 0 amide bonds. The molecule has 78 valence electrons. The molecule has 1 aliphatic rings. The van der Waals surface area contributed by atoms with Crippen LogP contribution in [0.2, 0.25) is 0 Å². The molecule has 1 fully saturated rings. The summed E-state index contributed by atoms with van der Waals surface area (Å²) in [6.07, 6.45) is 2.05. The first-order chi connectivity index (χ1) is 7.43. The maximum absolute atomic E-state index is 5.48. The highest BCUT2D eigenvalue weighted by Gasteiger charge is 2.24. The van der Waals surface area contributed by atoms with Crippen molar-refractivity contribution in [3.05, 3.63) is 22.7 Å². The number of hydrogen-bond acceptors (Lipinski definition) is 5. The van der Waals surface area contributed by atoms with Crippen LogP contribution in [0.15, 0.2) is 21.3 Å². The van der Waals surface area contributed by atoms with Crippen LogP contribution in [0, 0.1) is 0 Å². The van der Waals surface area contributed by atoms with E-state index in [0.29, 0.717) is 11.7 Å². The van der Waals surface area contributed by atoms with Crippen molar-refractivity contribution in [3.63, 3.8) is 0 Å². The fourth-order valence-corrected chi connectivity index (χ4v) is 2.28. The Hall–Kier alpha value is -1.20. The van der Waals surface area contributed by atoms with Crippen molar-refractivity contribution in [1.29, 1.82) is 0 Å². The molecule has 0 N–H and O–H groups in total. The molecule has 1 aliphatic heterocycles. The van der Waals surface area contributed by atoms with Crippen LogP contribution >= 0.6 is 11.3 Å². The van der Waals surface area contributed by atoms with Crippen molar-refractivity contribution in [2.75, 3.05) is 6.61 Å². The minimum atomic E-state index is 0.00452. The molecule has 5 heteroatoms. The van der Waals surface area contributed by atoms with Crippen molar-refractivity contribution < 1.29 is 9.26 Å². The molecule has 1 saturated heterocycles. The third kappa shape index (κ3) is 1.68. The van der Waals surface area contributed by atoms with E-state index in [1.807, 2.05) is 16.8 Å². The van der Waals surface area contributed by atoms with Crippen LogP contribution in [-0.4, -0.2) is 16.7 Å². The number of nitrogens with zero attached hydrogens (tertiary/aromatic N) is 2. The van der Waals surface area contributed by atoms with Gasteiger partial charge in [0.15, 0.2) is 0 Å². The maximum Gasteiger partial charge on any atom is 0.256 e. The topological polar surface area (TPSA) is 48.2 Å². The quantitative estimate of drug-likeness (QED) is 0.783. The van der Waals surface area contributed by atoms with Crippen molar-refractivity contribution >= 4 is 11.3 Å². The van der Waals surface area contributed by atoms with E-state index < -0.39 is 0 Å². The first kappa shape index (κ1) is 9.06. The average Bonchev–Trinajstić information content (AvgIpc) is 3.02. The zero-order chi connectivity index (χ0) is 10.1. The fourth-order valence-electron chi connectivity index (χ4n) is 1.65. The number of aromatic nitrogens is 2. The predicted octanol–water partition coefficient (Wildman–Crippen LogP) is 2.65. The summed E-state index contributed by atoms with van der Waals surface area (Å²) in [5.74, 6) is 1.26. The lowest BCUT2D eigenvalue weighted by Gasteiger charge is -2.00. The van der Waals surface area contributed by atoms with E-state index in [4.69, 9.17) is 9.26 Å². The van der Waals surface area contributed by atoms with Gasteiger partial charge in [0.25, 0.3) is 5.89 Å². The van der Waals surface area contributed by atoms with Gasteiger partial charge in [-0.25, -0.2) is 0 Å². The molecule has 0 spiro atoms. The molecule has 15 heavy (non-hydrogen) atoms. The number of ether oxygens (including phenoxy) is 1. The third-order valence-corrected chi connectivity index (χ3v) is 3.11. The number of hydrogen-bond donors (Lipinski definition) is 0. The summed E-state index contributed by atoms with van der Waals surface area (Å²) in [5.41, 5.74) is 1.01. The lowest BCUT2D eigenvalue weighted by molar-refractivity contribution is 0.0835. The molecule has 0 aliphatic carbocycles. The Morgan fingerprint density at radius 2 is 2.47 bits per heavy atom. The summed E-state index contributed by atoms with van der Waals surface area (Å²) in [6, 6.07) is 1.98. The van der Waals surface area contributed by atoms with E-state index in [-0.39, 0.29) is 6.10 Å². The van der Waals surface area contributed by atoms with E-state index in [0.717, 1.165) is 25.0 Å². The highest BCUT2D eigenvalue weighted by Crippen LogP contribution is 2.28. The van der Waals surface area contributed by atoms with E-state index in [2.05, 4.69) is 10.1 Å². The second-order valence-electron chi connectivity index (χ2n) is 3.47. The molecule has 3 rings (SSSR count). The first-order valence-electron chi connectivity index (χ1n) is 4.91. The van der Waals surface area contributed by atoms with Gasteiger partial charge >= 0.3 is 0 Å². The Morgan fingerprint density at radius 1 is 1.47 bits per heavy atom. The summed E-state index contributed by atoms with van der Waals surface area (Å²) < 4.78 is 10.7. The minimum absolute atomic E-state index is 0.00452. The average molecular weight is 222 g/mol. The largest absolute Gasteiger partial charge is 0.368 e. The maximum atomic E-state index is 5.48. The van der Waals surface area contributed by atoms with Gasteiger partial charge in [-0.05, 0) is 24.3 Å². The summed E-state index contributed by atoms with van der Waals surface area (Å²) >= 11 is 1.62. The Morgan fingerprint density at radius 3 is 3.20 bits per heavy atom. The van der Waals surface area contributed by atoms with Gasteiger partial charge in [-0.1, -0.05) is 5.16 Å². The van der Waals surface area contributed by atoms with E-state index >= 15 is 0 Å². The van der Waals surface area contributed by atoms with Gasteiger partial charge in [-0.2, -0.15) is 16.3 Å². The van der Waals surface area contributed by atoms with Crippen molar-refractivity contribution in [3.8, 4) is 11.4 Å². The van der Waals surface area contributed by atoms with Crippen LogP contribution in [-0.2, 0) is 4.74 Å². The van der Waals surface area contributed by atoms with Crippen LogP contribution in [0.25, 0.3) is 11.4 Å². The number of rotatable bonds is 2. The monoisotopic (exact) mass is 222 g/mol. The van der Waals surface area contributed by atoms with Gasteiger partial charge in [-0.3, -0.25) is 0 Å². The zero-order valence-corrected chi connectivity index (χ0v) is 8.87. The van der Waals surface area contributed by atoms with Gasteiger partial charge < -0.3 is 9.26 Å². The molecular weight excluding hydrogens is 212 g/mol. The first-order valence-corrected chi connectivity index (χ1v) is 5.85. The van der Waals surface area contributed by atoms with E-state index in [9.17, 15) is 0 Å². The van der Waals surface area contributed by atoms with Crippen LogP contribution in [0.4, 0.5) is 0 Å². The van der Waals surface area contributed by atoms with Crippen LogP contribution in [0.5, 0.6) is 0 Å². The highest BCUT2D eigenvalue weighted by molar-refractivity contribution is 7.08. The minimum Gasteiger partial charge on any atom is -0.368 e. The molecule has 0 aromatic carbocycles. The normalized spacial score (nSPS) is 20.9. The van der Waals surface area contributed by atoms with Crippen molar-refractivity contribution in [2.24, 2.45) is 0 Å². The van der Waals surface area contributed by atoms with Gasteiger partial charge in [0.2, 0.25) is 5.82 Å². The molecule has 2 aromatic rings. The summed E-state index contributed by atoms with van der Waals surface area (Å²) in [7, 11) is 0. The lowest BCUT2D eigenvalue weighted by Crippen LogP contribution is -1.95. The van der Waals surface area contributed by atoms with E-state index in [1.165, 1.54) is 0 Å². The standard InChI is InChI=1S/C10H10N2O2S/c1-2-8(13-4-1)10-11-9(12-14-10)7-3-5-15-6-7/h3,5-6,8H,1-2,4H2. The smallest absolute Gasteiger partial charge is 0.256 e. The van der Waals surface area contributed by atoms with Crippen molar-refractivity contribution in [2.45, 2.75) is 18.9 Å². The Labute approximate surface area is 90.9 Å². The molecule has 0 bridgehead atoms. The van der Waals surface area contributed by atoms with Gasteiger partial charge in [0, 0.05) is 17.6 Å². The lowest BCUT2D eigenvalue weighted by atomic mass is 10.2. The molecule has 1 atom stereocenters. The molecule has 4 nitrogen and oxygen atoms in total. The summed E-state index contributed by atoms with van der Waals surface area (Å²) in [6.45, 7) is 0.792.